The van der Waals surface area contributed by atoms with Crippen LogP contribution >= 0.6 is 11.3 Å². The Morgan fingerprint density at radius 1 is 0.939 bits per heavy atom. The molecule has 4 rings (SSSR count). The predicted octanol–water partition coefficient (Wildman–Crippen LogP) is 6.39. The van der Waals surface area contributed by atoms with Gasteiger partial charge >= 0.3 is 6.18 Å². The summed E-state index contributed by atoms with van der Waals surface area (Å²) >= 11 is 1.17. The average molecular weight is 472 g/mol. The Balaban J connectivity index is 1.71. The van der Waals surface area contributed by atoms with Crippen LogP contribution in [0.15, 0.2) is 83.1 Å². The number of benzene rings is 2. The second-order valence-corrected chi connectivity index (χ2v) is 9.90. The Bertz CT molecular complexity index is 1320. The summed E-state index contributed by atoms with van der Waals surface area (Å²) in [4.78, 5) is 12.0. The number of aliphatic hydroxyl groups is 1. The first-order valence-electron chi connectivity index (χ1n) is 10.5. The summed E-state index contributed by atoms with van der Waals surface area (Å²) in [5.74, 6) is 0. The molecule has 0 aliphatic rings. The molecule has 172 valence electrons. The molecule has 3 nitrogen and oxygen atoms in total. The van der Waals surface area contributed by atoms with Crippen LogP contribution in [-0.4, -0.2) is 21.5 Å². The topological polar surface area (TPSA) is 42.2 Å². The predicted molar refractivity (Wildman–Crippen MR) is 127 cm³/mol. The van der Waals surface area contributed by atoms with Crippen LogP contribution in [0.1, 0.15) is 25.8 Å². The Hall–Kier alpha value is -2.90. The lowest BCUT2D eigenvalue weighted by atomic mass is 9.74. The second kappa shape index (κ2) is 8.47. The van der Waals surface area contributed by atoms with Gasteiger partial charge < -0.3 is 9.67 Å². The molecule has 1 atom stereocenters. The molecular formula is C26H24F3NO2S. The first-order chi connectivity index (χ1) is 15.5. The molecule has 0 aliphatic heterocycles. The standard InChI is InChI=1S/C26H24F3NO2S/c1-24(2,20-10-6-9-19(15-20)18-7-4-3-5-8-18)16-25(32,26(27,28)29)17-30-13-11-22(31)23-21(30)12-14-33-23/h3-15,32H,16-17H2,1-2H3. The van der Waals surface area contributed by atoms with E-state index in [1.54, 1.807) is 31.4 Å². The summed E-state index contributed by atoms with van der Waals surface area (Å²) in [6.45, 7) is 2.71. The van der Waals surface area contributed by atoms with Crippen molar-refractivity contribution in [1.29, 1.82) is 0 Å². The fraction of sp³-hybridized carbons (Fsp3) is 0.269. The number of fused-ring (bicyclic) bond motifs is 1. The zero-order valence-electron chi connectivity index (χ0n) is 18.3. The third-order valence-electron chi connectivity index (χ3n) is 6.03. The van der Waals surface area contributed by atoms with Crippen molar-refractivity contribution in [3.05, 3.63) is 94.1 Å². The number of alkyl halides is 3. The minimum atomic E-state index is -4.87. The van der Waals surface area contributed by atoms with Gasteiger partial charge in [-0.2, -0.15) is 13.2 Å². The van der Waals surface area contributed by atoms with Gasteiger partial charge in [0, 0.05) is 12.3 Å². The highest BCUT2D eigenvalue weighted by molar-refractivity contribution is 7.17. The number of aromatic nitrogens is 1. The van der Waals surface area contributed by atoms with Crippen LogP contribution in [-0.2, 0) is 12.0 Å². The molecule has 33 heavy (non-hydrogen) atoms. The lowest BCUT2D eigenvalue weighted by Crippen LogP contribution is -2.52. The van der Waals surface area contributed by atoms with Crippen molar-refractivity contribution in [2.24, 2.45) is 0 Å². The SMILES string of the molecule is CC(C)(CC(O)(Cn1ccc(=O)c2sccc21)C(F)(F)F)c1cccc(-c2ccccc2)c1. The van der Waals surface area contributed by atoms with Gasteiger partial charge in [0.1, 0.15) is 0 Å². The van der Waals surface area contributed by atoms with Crippen molar-refractivity contribution < 1.29 is 18.3 Å². The Morgan fingerprint density at radius 2 is 1.64 bits per heavy atom. The third-order valence-corrected chi connectivity index (χ3v) is 6.95. The fourth-order valence-corrected chi connectivity index (χ4v) is 5.10. The minimum absolute atomic E-state index is 0.246. The first kappa shape index (κ1) is 23.3. The van der Waals surface area contributed by atoms with E-state index in [-0.39, 0.29) is 5.43 Å². The summed E-state index contributed by atoms with van der Waals surface area (Å²) in [5, 5.41) is 12.7. The molecule has 2 aromatic carbocycles. The maximum atomic E-state index is 14.3. The normalized spacial score (nSPS) is 14.4. The molecular weight excluding hydrogens is 447 g/mol. The number of nitrogens with zero attached hydrogens (tertiary/aromatic N) is 1. The fourth-order valence-electron chi connectivity index (χ4n) is 4.28. The van der Waals surface area contributed by atoms with Crippen molar-refractivity contribution >= 4 is 21.6 Å². The van der Waals surface area contributed by atoms with E-state index >= 15 is 0 Å². The van der Waals surface area contributed by atoms with Crippen LogP contribution < -0.4 is 5.43 Å². The lowest BCUT2D eigenvalue weighted by Gasteiger charge is -2.38. The van der Waals surface area contributed by atoms with Crippen LogP contribution in [0.25, 0.3) is 21.3 Å². The highest BCUT2D eigenvalue weighted by Crippen LogP contribution is 2.43. The molecule has 1 unspecified atom stereocenters. The summed E-state index contributed by atoms with van der Waals surface area (Å²) in [7, 11) is 0. The number of thiophene rings is 1. The van der Waals surface area contributed by atoms with E-state index < -0.39 is 30.2 Å². The van der Waals surface area contributed by atoms with Crippen LogP contribution in [0, 0.1) is 0 Å². The maximum absolute atomic E-state index is 14.3. The Labute approximate surface area is 193 Å². The summed E-state index contributed by atoms with van der Waals surface area (Å²) in [6, 6.07) is 19.9. The molecule has 2 aromatic heterocycles. The zero-order chi connectivity index (χ0) is 23.9. The molecule has 0 amide bonds. The third kappa shape index (κ3) is 4.61. The van der Waals surface area contributed by atoms with E-state index in [0.29, 0.717) is 15.8 Å². The van der Waals surface area contributed by atoms with Gasteiger partial charge in [-0.3, -0.25) is 4.79 Å². The van der Waals surface area contributed by atoms with E-state index in [9.17, 15) is 23.1 Å². The number of hydrogen-bond donors (Lipinski definition) is 1. The molecule has 0 bridgehead atoms. The Morgan fingerprint density at radius 3 is 2.33 bits per heavy atom. The summed E-state index contributed by atoms with van der Waals surface area (Å²) < 4.78 is 44.5. The quantitative estimate of drug-likeness (QED) is 0.354. The van der Waals surface area contributed by atoms with E-state index in [1.807, 2.05) is 48.5 Å². The molecule has 0 radical (unpaired) electrons. The largest absolute Gasteiger partial charge is 0.418 e. The molecule has 0 aliphatic carbocycles. The monoisotopic (exact) mass is 471 g/mol. The number of halogens is 3. The zero-order valence-corrected chi connectivity index (χ0v) is 19.1. The second-order valence-electron chi connectivity index (χ2n) is 8.98. The molecule has 7 heteroatoms. The first-order valence-corrected chi connectivity index (χ1v) is 11.4. The van der Waals surface area contributed by atoms with Gasteiger partial charge in [-0.05, 0) is 40.0 Å². The summed E-state index contributed by atoms with van der Waals surface area (Å²) in [6.07, 6.45) is -4.09. The van der Waals surface area contributed by atoms with Crippen molar-refractivity contribution in [3.8, 4) is 11.1 Å². The van der Waals surface area contributed by atoms with Crippen LogP contribution in [0.5, 0.6) is 0 Å². The molecule has 0 fully saturated rings. The Kier molecular flexibility index (Phi) is 5.97. The smallest absolute Gasteiger partial charge is 0.379 e. The van der Waals surface area contributed by atoms with Crippen molar-refractivity contribution in [2.45, 2.75) is 44.0 Å². The highest BCUT2D eigenvalue weighted by Gasteiger charge is 2.56. The van der Waals surface area contributed by atoms with Gasteiger partial charge in [0.05, 0.1) is 16.8 Å². The van der Waals surface area contributed by atoms with Gasteiger partial charge in [-0.15, -0.1) is 11.3 Å². The summed E-state index contributed by atoms with van der Waals surface area (Å²) in [5.41, 5.74) is -1.27. The molecule has 0 saturated carbocycles. The highest BCUT2D eigenvalue weighted by atomic mass is 32.1. The van der Waals surface area contributed by atoms with Crippen LogP contribution in [0.4, 0.5) is 13.2 Å². The van der Waals surface area contributed by atoms with Crippen LogP contribution in [0.2, 0.25) is 0 Å². The van der Waals surface area contributed by atoms with Crippen molar-refractivity contribution in [3.63, 3.8) is 0 Å². The minimum Gasteiger partial charge on any atom is -0.379 e. The van der Waals surface area contributed by atoms with E-state index in [4.69, 9.17) is 0 Å². The van der Waals surface area contributed by atoms with Crippen molar-refractivity contribution in [1.82, 2.24) is 4.57 Å². The van der Waals surface area contributed by atoms with Crippen molar-refractivity contribution in [2.75, 3.05) is 0 Å². The van der Waals surface area contributed by atoms with E-state index in [1.165, 1.54) is 28.2 Å². The number of rotatable bonds is 6. The molecule has 0 saturated heterocycles. The maximum Gasteiger partial charge on any atom is 0.418 e. The van der Waals surface area contributed by atoms with Crippen LogP contribution in [0.3, 0.4) is 0 Å². The van der Waals surface area contributed by atoms with E-state index in [0.717, 1.165) is 11.1 Å². The van der Waals surface area contributed by atoms with E-state index in [2.05, 4.69) is 0 Å². The average Bonchev–Trinajstić information content (AvgIpc) is 3.27. The number of pyridine rings is 1. The molecule has 0 spiro atoms. The lowest BCUT2D eigenvalue weighted by molar-refractivity contribution is -0.271. The van der Waals surface area contributed by atoms with Gasteiger partial charge in [0.15, 0.2) is 11.0 Å². The molecule has 4 aromatic rings. The number of hydrogen-bond acceptors (Lipinski definition) is 3. The molecule has 2 heterocycles. The van der Waals surface area contributed by atoms with Gasteiger partial charge in [0.2, 0.25) is 0 Å². The molecule has 1 N–H and O–H groups in total. The van der Waals surface area contributed by atoms with Gasteiger partial charge in [-0.1, -0.05) is 68.4 Å². The van der Waals surface area contributed by atoms with Gasteiger partial charge in [-0.25, -0.2) is 0 Å². The van der Waals surface area contributed by atoms with Gasteiger partial charge in [0.25, 0.3) is 0 Å².